The van der Waals surface area contributed by atoms with Gasteiger partial charge in [-0.2, -0.15) is 5.26 Å². The molecule has 0 aliphatic heterocycles. The van der Waals surface area contributed by atoms with Crippen LogP contribution in [0, 0.1) is 17.2 Å². The summed E-state index contributed by atoms with van der Waals surface area (Å²) in [6.45, 7) is 1.57. The van der Waals surface area contributed by atoms with Crippen LogP contribution in [0.3, 0.4) is 0 Å². The molecule has 0 aromatic heterocycles. The number of rotatable bonds is 6. The van der Waals surface area contributed by atoms with Crippen LogP contribution < -0.4 is 5.32 Å². The first-order chi connectivity index (χ1) is 9.29. The monoisotopic (exact) mass is 258 g/mol. The first-order valence-electron chi connectivity index (χ1n) is 7.18. The van der Waals surface area contributed by atoms with Gasteiger partial charge >= 0.3 is 0 Å². The van der Waals surface area contributed by atoms with Crippen LogP contribution >= 0.6 is 0 Å². The zero-order valence-electron chi connectivity index (χ0n) is 11.3. The Kier molecular flexibility index (Phi) is 5.38. The molecule has 3 nitrogen and oxygen atoms in total. The Morgan fingerprint density at radius 3 is 2.58 bits per heavy atom. The zero-order valence-corrected chi connectivity index (χ0v) is 11.3. The van der Waals surface area contributed by atoms with Crippen molar-refractivity contribution in [3.05, 3.63) is 35.4 Å². The van der Waals surface area contributed by atoms with E-state index in [-0.39, 0.29) is 0 Å². The van der Waals surface area contributed by atoms with Gasteiger partial charge in [-0.25, -0.2) is 0 Å². The van der Waals surface area contributed by atoms with E-state index >= 15 is 0 Å². The molecule has 1 aliphatic carbocycles. The van der Waals surface area contributed by atoms with Gasteiger partial charge in [-0.15, -0.1) is 0 Å². The predicted octanol–water partition coefficient (Wildman–Crippen LogP) is 2.76. The van der Waals surface area contributed by atoms with E-state index in [9.17, 15) is 5.11 Å². The third kappa shape index (κ3) is 4.34. The van der Waals surface area contributed by atoms with Crippen LogP contribution in [0.25, 0.3) is 0 Å². The van der Waals surface area contributed by atoms with E-state index in [1.807, 2.05) is 12.1 Å². The van der Waals surface area contributed by atoms with E-state index in [2.05, 4.69) is 11.4 Å². The molecule has 1 aromatic carbocycles. The van der Waals surface area contributed by atoms with Gasteiger partial charge in [0.2, 0.25) is 0 Å². The van der Waals surface area contributed by atoms with Crippen molar-refractivity contribution in [3.8, 4) is 6.07 Å². The van der Waals surface area contributed by atoms with Crippen LogP contribution in [0.1, 0.15) is 49.3 Å². The lowest BCUT2D eigenvalue weighted by Crippen LogP contribution is -2.23. The van der Waals surface area contributed by atoms with Crippen molar-refractivity contribution in [1.82, 2.24) is 5.32 Å². The van der Waals surface area contributed by atoms with Gasteiger partial charge in [0.25, 0.3) is 0 Å². The molecule has 0 amide bonds. The number of hydrogen-bond acceptors (Lipinski definition) is 3. The minimum atomic E-state index is -0.490. The van der Waals surface area contributed by atoms with Gasteiger partial charge in [0.1, 0.15) is 0 Å². The minimum absolute atomic E-state index is 0.490. The highest BCUT2D eigenvalue weighted by molar-refractivity contribution is 5.32. The third-order valence-electron chi connectivity index (χ3n) is 3.97. The van der Waals surface area contributed by atoms with Gasteiger partial charge < -0.3 is 10.4 Å². The minimum Gasteiger partial charge on any atom is -0.387 e. The van der Waals surface area contributed by atoms with E-state index < -0.39 is 6.10 Å². The van der Waals surface area contributed by atoms with Gasteiger partial charge in [0.15, 0.2) is 0 Å². The molecule has 0 spiro atoms. The lowest BCUT2D eigenvalue weighted by molar-refractivity contribution is 0.174. The fourth-order valence-electron chi connectivity index (χ4n) is 2.74. The lowest BCUT2D eigenvalue weighted by Gasteiger charge is -2.14. The molecule has 0 radical (unpaired) electrons. The highest BCUT2D eigenvalue weighted by Crippen LogP contribution is 2.26. The van der Waals surface area contributed by atoms with Crippen LogP contribution in [0.2, 0.25) is 0 Å². The molecule has 0 heterocycles. The molecule has 1 unspecified atom stereocenters. The van der Waals surface area contributed by atoms with Gasteiger partial charge in [-0.1, -0.05) is 37.8 Å². The van der Waals surface area contributed by atoms with Crippen LogP contribution in [0.4, 0.5) is 0 Å². The normalized spacial score (nSPS) is 17.3. The summed E-state index contributed by atoms with van der Waals surface area (Å²) in [5.74, 6) is 0.888. The summed E-state index contributed by atoms with van der Waals surface area (Å²) in [6.07, 6.45) is 6.26. The zero-order chi connectivity index (χ0) is 13.5. The molecule has 1 aliphatic rings. The van der Waals surface area contributed by atoms with Gasteiger partial charge in [0, 0.05) is 6.54 Å². The molecule has 2 N–H and O–H groups in total. The largest absolute Gasteiger partial charge is 0.387 e. The average Bonchev–Trinajstić information content (AvgIpc) is 2.96. The fraction of sp³-hybridized carbons (Fsp3) is 0.562. The Morgan fingerprint density at radius 1 is 1.26 bits per heavy atom. The van der Waals surface area contributed by atoms with Crippen LogP contribution in [0.15, 0.2) is 24.3 Å². The van der Waals surface area contributed by atoms with E-state index in [0.717, 1.165) is 18.0 Å². The number of nitriles is 1. The smallest absolute Gasteiger partial charge is 0.0991 e. The molecule has 1 atom stereocenters. The van der Waals surface area contributed by atoms with Gasteiger partial charge in [-0.3, -0.25) is 0 Å². The van der Waals surface area contributed by atoms with Crippen molar-refractivity contribution in [2.45, 2.75) is 38.2 Å². The lowest BCUT2D eigenvalue weighted by atomic mass is 10.0. The number of nitrogens with one attached hydrogen (secondary N) is 1. The van der Waals surface area contributed by atoms with E-state index in [1.165, 1.54) is 32.1 Å². The molecule has 19 heavy (non-hydrogen) atoms. The SMILES string of the molecule is N#Cc1ccc(C(O)CNCCC2CCCC2)cc1. The molecule has 0 bridgehead atoms. The van der Waals surface area contributed by atoms with Crippen molar-refractivity contribution in [2.75, 3.05) is 13.1 Å². The van der Waals surface area contributed by atoms with Crippen molar-refractivity contribution in [3.63, 3.8) is 0 Å². The highest BCUT2D eigenvalue weighted by atomic mass is 16.3. The van der Waals surface area contributed by atoms with Gasteiger partial charge in [0.05, 0.1) is 17.7 Å². The van der Waals surface area contributed by atoms with Crippen LogP contribution in [-0.4, -0.2) is 18.2 Å². The molecule has 3 heteroatoms. The summed E-state index contributed by atoms with van der Waals surface area (Å²) in [4.78, 5) is 0. The third-order valence-corrected chi connectivity index (χ3v) is 3.97. The molecule has 102 valence electrons. The van der Waals surface area contributed by atoms with E-state index in [0.29, 0.717) is 12.1 Å². The quantitative estimate of drug-likeness (QED) is 0.771. The Bertz CT molecular complexity index is 415. The number of hydrogen-bond donors (Lipinski definition) is 2. The summed E-state index contributed by atoms with van der Waals surface area (Å²) >= 11 is 0. The first kappa shape index (κ1) is 14.0. The summed E-state index contributed by atoms with van der Waals surface area (Å²) in [7, 11) is 0. The topological polar surface area (TPSA) is 56.0 Å². The summed E-state index contributed by atoms with van der Waals surface area (Å²) < 4.78 is 0. The van der Waals surface area contributed by atoms with Crippen molar-refractivity contribution >= 4 is 0 Å². The second kappa shape index (κ2) is 7.28. The molecule has 0 saturated heterocycles. The predicted molar refractivity (Wildman–Crippen MR) is 75.6 cm³/mol. The molecule has 1 saturated carbocycles. The molecule has 1 aromatic rings. The van der Waals surface area contributed by atoms with Gasteiger partial charge in [-0.05, 0) is 36.6 Å². The Hall–Kier alpha value is -1.37. The average molecular weight is 258 g/mol. The Labute approximate surface area is 115 Å². The number of aliphatic hydroxyl groups is 1. The van der Waals surface area contributed by atoms with E-state index in [1.54, 1.807) is 12.1 Å². The van der Waals surface area contributed by atoms with Crippen molar-refractivity contribution in [1.29, 1.82) is 5.26 Å². The second-order valence-corrected chi connectivity index (χ2v) is 5.39. The molecule has 1 fully saturated rings. The highest BCUT2D eigenvalue weighted by Gasteiger charge is 2.14. The second-order valence-electron chi connectivity index (χ2n) is 5.39. The number of benzene rings is 1. The fourth-order valence-corrected chi connectivity index (χ4v) is 2.74. The first-order valence-corrected chi connectivity index (χ1v) is 7.18. The van der Waals surface area contributed by atoms with E-state index in [4.69, 9.17) is 5.26 Å². The molecular formula is C16H22N2O. The van der Waals surface area contributed by atoms with Crippen LogP contribution in [0.5, 0.6) is 0 Å². The summed E-state index contributed by atoms with van der Waals surface area (Å²) in [5.41, 5.74) is 1.50. The molecule has 2 rings (SSSR count). The Balaban J connectivity index is 1.68. The molecular weight excluding hydrogens is 236 g/mol. The summed E-state index contributed by atoms with van der Waals surface area (Å²) in [5, 5.41) is 22.1. The maximum Gasteiger partial charge on any atom is 0.0991 e. The number of aliphatic hydroxyl groups excluding tert-OH is 1. The standard InChI is InChI=1S/C16H22N2O/c17-11-14-5-7-15(8-6-14)16(19)12-18-10-9-13-3-1-2-4-13/h5-8,13,16,18-19H,1-4,9-10,12H2. The maximum atomic E-state index is 10.0. The van der Waals surface area contributed by atoms with Crippen LogP contribution in [-0.2, 0) is 0 Å². The van der Waals surface area contributed by atoms with Crippen molar-refractivity contribution < 1.29 is 5.11 Å². The Morgan fingerprint density at radius 2 is 1.95 bits per heavy atom. The summed E-state index contributed by atoms with van der Waals surface area (Å²) in [6, 6.07) is 9.22. The number of nitrogens with zero attached hydrogens (tertiary/aromatic N) is 1. The maximum absolute atomic E-state index is 10.0. The van der Waals surface area contributed by atoms with Crippen molar-refractivity contribution in [2.24, 2.45) is 5.92 Å².